The van der Waals surface area contributed by atoms with Crippen LogP contribution in [-0.2, 0) is 10.2 Å². The van der Waals surface area contributed by atoms with E-state index < -0.39 is 0 Å². The number of carbonyl (C=O) groups is 1. The van der Waals surface area contributed by atoms with Crippen LogP contribution in [0.5, 0.6) is 0 Å². The average Bonchev–Trinajstić information content (AvgIpc) is 2.69. The molecule has 1 amide bonds. The lowest BCUT2D eigenvalue weighted by Gasteiger charge is -2.36. The standard InChI is InChI=1S/C17H14ClNO/c18-13-4-1-3-11(9-13)12-5-6-15-14(10-12)17(7-2-8-17)16(20)19-15/h1,3-6,9-10H,2,7-8H2,(H,19,20). The van der Waals surface area contributed by atoms with Crippen LogP contribution in [-0.4, -0.2) is 5.91 Å². The highest BCUT2D eigenvalue weighted by Gasteiger charge is 2.50. The molecule has 100 valence electrons. The Labute approximate surface area is 122 Å². The fraction of sp³-hybridized carbons (Fsp3) is 0.235. The minimum Gasteiger partial charge on any atom is -0.325 e. The molecule has 4 rings (SSSR count). The highest BCUT2D eigenvalue weighted by atomic mass is 35.5. The molecule has 20 heavy (non-hydrogen) atoms. The van der Waals surface area contributed by atoms with Crippen molar-refractivity contribution in [2.24, 2.45) is 0 Å². The largest absolute Gasteiger partial charge is 0.325 e. The Morgan fingerprint density at radius 2 is 1.85 bits per heavy atom. The summed E-state index contributed by atoms with van der Waals surface area (Å²) in [4.78, 5) is 12.2. The smallest absolute Gasteiger partial charge is 0.235 e. The van der Waals surface area contributed by atoms with Gasteiger partial charge < -0.3 is 5.32 Å². The Bertz CT molecular complexity index is 719. The average molecular weight is 284 g/mol. The van der Waals surface area contributed by atoms with Crippen molar-refractivity contribution in [1.29, 1.82) is 0 Å². The van der Waals surface area contributed by atoms with Gasteiger partial charge >= 0.3 is 0 Å². The molecule has 2 nitrogen and oxygen atoms in total. The third-order valence-corrected chi connectivity index (χ3v) is 4.82. The molecule has 1 fully saturated rings. The molecule has 0 unspecified atom stereocenters. The second kappa shape index (κ2) is 4.10. The van der Waals surface area contributed by atoms with E-state index in [0.29, 0.717) is 0 Å². The van der Waals surface area contributed by atoms with Crippen molar-refractivity contribution in [2.45, 2.75) is 24.7 Å². The van der Waals surface area contributed by atoms with Gasteiger partial charge in [-0.3, -0.25) is 4.79 Å². The SMILES string of the molecule is O=C1Nc2ccc(-c3cccc(Cl)c3)cc2C12CCC2. The van der Waals surface area contributed by atoms with E-state index in [-0.39, 0.29) is 11.3 Å². The number of benzene rings is 2. The van der Waals surface area contributed by atoms with Gasteiger partial charge in [0.15, 0.2) is 0 Å². The van der Waals surface area contributed by atoms with Crippen LogP contribution >= 0.6 is 11.6 Å². The lowest BCUT2D eigenvalue weighted by atomic mass is 9.65. The highest BCUT2D eigenvalue weighted by Crippen LogP contribution is 2.51. The Balaban J connectivity index is 1.84. The molecule has 2 aliphatic rings. The van der Waals surface area contributed by atoms with E-state index in [1.165, 1.54) is 0 Å². The molecule has 1 N–H and O–H groups in total. The number of halogens is 1. The summed E-state index contributed by atoms with van der Waals surface area (Å²) in [6, 6.07) is 14.0. The minimum atomic E-state index is -0.260. The van der Waals surface area contributed by atoms with Crippen LogP contribution in [0.15, 0.2) is 42.5 Å². The second-order valence-corrected chi connectivity index (χ2v) is 6.10. The van der Waals surface area contributed by atoms with Crippen molar-refractivity contribution < 1.29 is 4.79 Å². The van der Waals surface area contributed by atoms with Crippen LogP contribution in [0.4, 0.5) is 5.69 Å². The molecule has 1 spiro atoms. The van der Waals surface area contributed by atoms with Crippen molar-refractivity contribution in [1.82, 2.24) is 0 Å². The Kier molecular flexibility index (Phi) is 2.45. The predicted octanol–water partition coefficient (Wildman–Crippen LogP) is 4.38. The number of hydrogen-bond donors (Lipinski definition) is 1. The molecule has 2 aromatic rings. The summed E-state index contributed by atoms with van der Waals surface area (Å²) >= 11 is 6.06. The first kappa shape index (κ1) is 12.0. The van der Waals surface area contributed by atoms with Gasteiger partial charge in [-0.1, -0.05) is 36.2 Å². The number of amides is 1. The number of anilines is 1. The summed E-state index contributed by atoms with van der Waals surface area (Å²) < 4.78 is 0. The summed E-state index contributed by atoms with van der Waals surface area (Å²) in [6.07, 6.45) is 3.06. The molecule has 0 saturated heterocycles. The third-order valence-electron chi connectivity index (χ3n) is 4.58. The molecule has 1 saturated carbocycles. The van der Waals surface area contributed by atoms with Crippen molar-refractivity contribution in [2.75, 3.05) is 5.32 Å². The van der Waals surface area contributed by atoms with E-state index in [1.807, 2.05) is 36.4 Å². The first-order valence-corrected chi connectivity index (χ1v) is 7.29. The normalized spacial score (nSPS) is 18.6. The van der Waals surface area contributed by atoms with Crippen molar-refractivity contribution in [3.63, 3.8) is 0 Å². The maximum atomic E-state index is 12.2. The Morgan fingerprint density at radius 3 is 2.55 bits per heavy atom. The lowest BCUT2D eigenvalue weighted by Crippen LogP contribution is -2.40. The van der Waals surface area contributed by atoms with E-state index in [0.717, 1.165) is 46.7 Å². The first-order valence-electron chi connectivity index (χ1n) is 6.91. The van der Waals surface area contributed by atoms with E-state index >= 15 is 0 Å². The van der Waals surface area contributed by atoms with Gasteiger partial charge in [0.1, 0.15) is 0 Å². The van der Waals surface area contributed by atoms with Gasteiger partial charge in [-0.2, -0.15) is 0 Å². The number of nitrogens with one attached hydrogen (secondary N) is 1. The topological polar surface area (TPSA) is 29.1 Å². The van der Waals surface area contributed by atoms with Gasteiger partial charge in [-0.05, 0) is 53.8 Å². The quantitative estimate of drug-likeness (QED) is 0.827. The summed E-state index contributed by atoms with van der Waals surface area (Å²) in [7, 11) is 0. The molecule has 1 heterocycles. The van der Waals surface area contributed by atoms with E-state index in [2.05, 4.69) is 11.4 Å². The molecule has 1 aliphatic heterocycles. The van der Waals surface area contributed by atoms with Gasteiger partial charge in [0.25, 0.3) is 0 Å². The van der Waals surface area contributed by atoms with Crippen molar-refractivity contribution in [3.05, 3.63) is 53.1 Å². The molecule has 0 radical (unpaired) electrons. The van der Waals surface area contributed by atoms with Crippen LogP contribution in [0.25, 0.3) is 11.1 Å². The van der Waals surface area contributed by atoms with Crippen LogP contribution in [0.1, 0.15) is 24.8 Å². The fourth-order valence-corrected chi connectivity index (χ4v) is 3.48. The summed E-state index contributed by atoms with van der Waals surface area (Å²) in [5, 5.41) is 3.75. The predicted molar refractivity (Wildman–Crippen MR) is 81.0 cm³/mol. The molecule has 0 bridgehead atoms. The molecule has 0 atom stereocenters. The molecule has 2 aromatic carbocycles. The Morgan fingerprint density at radius 1 is 1.05 bits per heavy atom. The first-order chi connectivity index (χ1) is 9.69. The molecule has 3 heteroatoms. The van der Waals surface area contributed by atoms with Gasteiger partial charge in [0, 0.05) is 10.7 Å². The summed E-state index contributed by atoms with van der Waals surface area (Å²) in [5.41, 5.74) is 4.08. The highest BCUT2D eigenvalue weighted by molar-refractivity contribution is 6.30. The van der Waals surface area contributed by atoms with E-state index in [4.69, 9.17) is 11.6 Å². The number of fused-ring (bicyclic) bond motifs is 2. The number of hydrogen-bond acceptors (Lipinski definition) is 1. The number of carbonyl (C=O) groups excluding carboxylic acids is 1. The molecule has 1 aliphatic carbocycles. The number of rotatable bonds is 1. The van der Waals surface area contributed by atoms with Crippen LogP contribution in [0, 0.1) is 0 Å². The van der Waals surface area contributed by atoms with Gasteiger partial charge in [-0.25, -0.2) is 0 Å². The zero-order valence-electron chi connectivity index (χ0n) is 10.9. The monoisotopic (exact) mass is 283 g/mol. The van der Waals surface area contributed by atoms with Crippen LogP contribution < -0.4 is 5.32 Å². The summed E-state index contributed by atoms with van der Waals surface area (Å²) in [6.45, 7) is 0. The minimum absolute atomic E-state index is 0.169. The molecular formula is C17H14ClNO. The van der Waals surface area contributed by atoms with Crippen molar-refractivity contribution in [3.8, 4) is 11.1 Å². The maximum absolute atomic E-state index is 12.2. The van der Waals surface area contributed by atoms with Gasteiger partial charge in [0.05, 0.1) is 5.41 Å². The van der Waals surface area contributed by atoms with Crippen molar-refractivity contribution >= 4 is 23.2 Å². The van der Waals surface area contributed by atoms with Gasteiger partial charge in [0.2, 0.25) is 5.91 Å². The Hall–Kier alpha value is -1.80. The summed E-state index contributed by atoms with van der Waals surface area (Å²) in [5.74, 6) is 0.169. The van der Waals surface area contributed by atoms with Crippen LogP contribution in [0.3, 0.4) is 0 Å². The second-order valence-electron chi connectivity index (χ2n) is 5.66. The molecule has 0 aromatic heterocycles. The third kappa shape index (κ3) is 1.55. The van der Waals surface area contributed by atoms with Crippen LogP contribution in [0.2, 0.25) is 5.02 Å². The maximum Gasteiger partial charge on any atom is 0.235 e. The molecular weight excluding hydrogens is 270 g/mol. The zero-order valence-corrected chi connectivity index (χ0v) is 11.7. The fourth-order valence-electron chi connectivity index (χ4n) is 3.29. The van der Waals surface area contributed by atoms with Gasteiger partial charge in [-0.15, -0.1) is 0 Å². The lowest BCUT2D eigenvalue weighted by molar-refractivity contribution is -0.123. The van der Waals surface area contributed by atoms with E-state index in [1.54, 1.807) is 0 Å². The zero-order chi connectivity index (χ0) is 13.7. The van der Waals surface area contributed by atoms with E-state index in [9.17, 15) is 4.79 Å².